The number of hydrogen-bond donors (Lipinski definition) is 1. The largest absolute Gasteiger partial charge is 0.444 e. The van der Waals surface area contributed by atoms with Gasteiger partial charge in [-0.15, -0.1) is 29.1 Å². The van der Waals surface area contributed by atoms with Gasteiger partial charge in [-0.2, -0.15) is 0 Å². The molecule has 3 heterocycles. The van der Waals surface area contributed by atoms with Crippen LogP contribution in [0.5, 0.6) is 0 Å². The number of anilines is 1. The van der Waals surface area contributed by atoms with Gasteiger partial charge in [0.25, 0.3) is 5.91 Å². The fraction of sp³-hybridized carbons (Fsp3) is 0.200. The molecule has 172 valence electrons. The predicted octanol–water partition coefficient (Wildman–Crippen LogP) is 5.14. The first kappa shape index (κ1) is 23.4. The lowest BCUT2D eigenvalue weighted by Crippen LogP contribution is -2.49. The predicted molar refractivity (Wildman–Crippen MR) is 134 cm³/mol. The van der Waals surface area contributed by atoms with Crippen LogP contribution in [-0.4, -0.2) is 27.3 Å². The summed E-state index contributed by atoms with van der Waals surface area (Å²) in [5.41, 5.74) is 1.02. The summed E-state index contributed by atoms with van der Waals surface area (Å²) >= 11 is 2.61. The minimum atomic E-state index is -0.904. The number of carbonyl (C=O) groups is 2. The topological polar surface area (TPSA) is 88.3 Å². The molecule has 1 unspecified atom stereocenters. The number of nitrogens with zero attached hydrogens (tertiary/aromatic N) is 3. The molecule has 0 aliphatic rings. The molecule has 0 saturated carbocycles. The molecule has 3 aromatic heterocycles. The number of amides is 2. The van der Waals surface area contributed by atoms with Crippen LogP contribution in [0.1, 0.15) is 47.2 Å². The highest BCUT2D eigenvalue weighted by atomic mass is 32.1. The first-order valence-corrected chi connectivity index (χ1v) is 12.1. The highest BCUT2D eigenvalue weighted by molar-refractivity contribution is 7.10. The molecule has 0 spiro atoms. The van der Waals surface area contributed by atoms with Gasteiger partial charge in [-0.3, -0.25) is 14.5 Å². The van der Waals surface area contributed by atoms with Crippen LogP contribution in [0.25, 0.3) is 11.3 Å². The van der Waals surface area contributed by atoms with Crippen molar-refractivity contribution in [3.8, 4) is 23.7 Å². The third-order valence-corrected chi connectivity index (χ3v) is 6.44. The van der Waals surface area contributed by atoms with E-state index in [4.69, 9.17) is 10.8 Å². The minimum Gasteiger partial charge on any atom is -0.444 e. The zero-order valence-electron chi connectivity index (χ0n) is 18.8. The summed E-state index contributed by atoms with van der Waals surface area (Å²) in [7, 11) is 0. The fourth-order valence-electron chi connectivity index (χ4n) is 3.35. The van der Waals surface area contributed by atoms with Gasteiger partial charge in [0, 0.05) is 27.0 Å². The summed E-state index contributed by atoms with van der Waals surface area (Å²) in [5.74, 6) is 2.34. The van der Waals surface area contributed by atoms with E-state index in [1.807, 2.05) is 50.4 Å². The number of hydrogen-bond acceptors (Lipinski definition) is 7. The smallest absolute Gasteiger partial charge is 0.278 e. The van der Waals surface area contributed by atoms with Crippen molar-refractivity contribution in [3.63, 3.8) is 0 Å². The van der Waals surface area contributed by atoms with Crippen LogP contribution in [0.3, 0.4) is 0 Å². The van der Waals surface area contributed by atoms with Crippen LogP contribution in [0.15, 0.2) is 64.2 Å². The van der Waals surface area contributed by atoms with Crippen molar-refractivity contribution >= 4 is 40.2 Å². The molecule has 9 heteroatoms. The number of terminal acetylenes is 1. The van der Waals surface area contributed by atoms with E-state index in [0.717, 1.165) is 10.4 Å². The van der Waals surface area contributed by atoms with Gasteiger partial charge in [-0.25, -0.2) is 9.97 Å². The number of carbonyl (C=O) groups excluding carboxylic acids is 2. The van der Waals surface area contributed by atoms with E-state index >= 15 is 0 Å². The third kappa shape index (κ3) is 5.09. The number of aromatic nitrogens is 2. The highest BCUT2D eigenvalue weighted by Gasteiger charge is 2.36. The number of rotatable bonds is 6. The molecule has 0 bridgehead atoms. The van der Waals surface area contributed by atoms with Gasteiger partial charge >= 0.3 is 0 Å². The molecule has 1 atom stereocenters. The Hall–Kier alpha value is -3.74. The molecular formula is C25H22N4O3S2. The van der Waals surface area contributed by atoms with Crippen molar-refractivity contribution in [2.45, 2.75) is 32.4 Å². The Kier molecular flexibility index (Phi) is 6.63. The SMILES string of the molecule is C#Cc1nc(C(=O)N(c2ccc(-c3cnco3)cc2)C(C(=O)NC(C)(C)C)c2cccs2)cs1. The number of oxazole rings is 1. The molecule has 1 aromatic carbocycles. The maximum Gasteiger partial charge on any atom is 0.278 e. The van der Waals surface area contributed by atoms with Gasteiger partial charge in [-0.1, -0.05) is 6.07 Å². The molecule has 0 saturated heterocycles. The number of thiazole rings is 1. The molecule has 0 aliphatic carbocycles. The monoisotopic (exact) mass is 490 g/mol. The Balaban J connectivity index is 1.82. The van der Waals surface area contributed by atoms with E-state index in [9.17, 15) is 9.59 Å². The van der Waals surface area contributed by atoms with E-state index in [1.165, 1.54) is 34.0 Å². The average molecular weight is 491 g/mol. The number of benzene rings is 1. The van der Waals surface area contributed by atoms with Gasteiger partial charge in [0.15, 0.2) is 23.2 Å². The van der Waals surface area contributed by atoms with Gasteiger partial charge in [0.2, 0.25) is 5.91 Å². The zero-order valence-corrected chi connectivity index (χ0v) is 20.4. The van der Waals surface area contributed by atoms with Crippen molar-refractivity contribution in [2.75, 3.05) is 4.90 Å². The summed E-state index contributed by atoms with van der Waals surface area (Å²) in [6, 6.07) is 9.97. The lowest BCUT2D eigenvalue weighted by atomic mass is 10.1. The Bertz CT molecular complexity index is 1310. The second-order valence-corrected chi connectivity index (χ2v) is 10.3. The molecule has 7 nitrogen and oxygen atoms in total. The first-order valence-electron chi connectivity index (χ1n) is 10.4. The highest BCUT2D eigenvalue weighted by Crippen LogP contribution is 2.34. The zero-order chi connectivity index (χ0) is 24.3. The number of nitrogens with one attached hydrogen (secondary N) is 1. The normalized spacial score (nSPS) is 12.1. The quantitative estimate of drug-likeness (QED) is 0.378. The van der Waals surface area contributed by atoms with Crippen molar-refractivity contribution in [1.29, 1.82) is 0 Å². The molecule has 4 rings (SSSR count). The minimum absolute atomic E-state index is 0.183. The molecule has 0 fully saturated rings. The Morgan fingerprint density at radius 2 is 1.94 bits per heavy atom. The maximum absolute atomic E-state index is 13.8. The summed E-state index contributed by atoms with van der Waals surface area (Å²) in [6.07, 6.45) is 8.43. The van der Waals surface area contributed by atoms with E-state index in [-0.39, 0.29) is 11.6 Å². The molecule has 1 N–H and O–H groups in total. The van der Waals surface area contributed by atoms with Crippen LogP contribution in [0, 0.1) is 12.3 Å². The first-order chi connectivity index (χ1) is 16.3. The average Bonchev–Trinajstić information content (AvgIpc) is 3.58. The Morgan fingerprint density at radius 1 is 1.18 bits per heavy atom. The van der Waals surface area contributed by atoms with E-state index in [1.54, 1.807) is 23.7 Å². The van der Waals surface area contributed by atoms with Crippen LogP contribution in [0.2, 0.25) is 0 Å². The molecule has 34 heavy (non-hydrogen) atoms. The van der Waals surface area contributed by atoms with Crippen molar-refractivity contribution in [2.24, 2.45) is 0 Å². The van der Waals surface area contributed by atoms with E-state index in [2.05, 4.69) is 21.2 Å². The summed E-state index contributed by atoms with van der Waals surface area (Å²) < 4.78 is 5.37. The van der Waals surface area contributed by atoms with Gasteiger partial charge < -0.3 is 9.73 Å². The van der Waals surface area contributed by atoms with Crippen molar-refractivity contribution in [1.82, 2.24) is 15.3 Å². The van der Waals surface area contributed by atoms with Crippen LogP contribution in [0.4, 0.5) is 5.69 Å². The number of thiophene rings is 1. The van der Waals surface area contributed by atoms with Gasteiger partial charge in [-0.05, 0) is 62.4 Å². The fourth-order valence-corrected chi connectivity index (χ4v) is 4.76. The van der Waals surface area contributed by atoms with E-state index in [0.29, 0.717) is 16.5 Å². The summed E-state index contributed by atoms with van der Waals surface area (Å²) in [4.78, 5) is 37.8. The molecule has 4 aromatic rings. The molecule has 0 aliphatic heterocycles. The lowest BCUT2D eigenvalue weighted by molar-refractivity contribution is -0.123. The lowest BCUT2D eigenvalue weighted by Gasteiger charge is -2.32. The standard InChI is InChI=1S/C25H22N4O3S2/c1-5-21-27-18(14-34-21)24(31)29(17-10-8-16(9-11-17)19-13-26-15-32-19)22(20-7-6-12-33-20)23(30)28-25(2,3)4/h1,6-15,22H,2-4H3,(H,28,30). The molecule has 2 amide bonds. The van der Waals surface area contributed by atoms with Gasteiger partial charge in [0.1, 0.15) is 5.69 Å². The van der Waals surface area contributed by atoms with E-state index < -0.39 is 17.5 Å². The van der Waals surface area contributed by atoms with Crippen LogP contribution in [-0.2, 0) is 4.79 Å². The second kappa shape index (κ2) is 9.63. The molecule has 0 radical (unpaired) electrons. The third-order valence-electron chi connectivity index (χ3n) is 4.75. The van der Waals surface area contributed by atoms with Gasteiger partial charge in [0.05, 0.1) is 6.20 Å². The second-order valence-electron chi connectivity index (χ2n) is 8.43. The van der Waals surface area contributed by atoms with Crippen LogP contribution < -0.4 is 10.2 Å². The van der Waals surface area contributed by atoms with Crippen molar-refractivity contribution in [3.05, 3.63) is 75.3 Å². The van der Waals surface area contributed by atoms with Crippen LogP contribution >= 0.6 is 22.7 Å². The Labute approximate surface area is 205 Å². The molecular weight excluding hydrogens is 468 g/mol. The summed E-state index contributed by atoms with van der Waals surface area (Å²) in [6.45, 7) is 5.69. The summed E-state index contributed by atoms with van der Waals surface area (Å²) in [5, 5.41) is 6.90. The van der Waals surface area contributed by atoms with Crippen molar-refractivity contribution < 1.29 is 14.0 Å². The maximum atomic E-state index is 13.8. The Morgan fingerprint density at radius 3 is 2.50 bits per heavy atom.